The number of hydrogen-bond donors (Lipinski definition) is 2. The average Bonchev–Trinajstić information content (AvgIpc) is 2.79. The van der Waals surface area contributed by atoms with E-state index in [1.807, 2.05) is 16.8 Å². The number of methoxy groups -OCH3 is 1. The summed E-state index contributed by atoms with van der Waals surface area (Å²) in [5.41, 5.74) is 1.85. The first kappa shape index (κ1) is 14.4. The fourth-order valence-corrected chi connectivity index (χ4v) is 2.20. The third kappa shape index (κ3) is 3.73. The van der Waals surface area contributed by atoms with Crippen molar-refractivity contribution in [1.29, 1.82) is 0 Å². The van der Waals surface area contributed by atoms with E-state index in [-0.39, 0.29) is 12.6 Å². The highest BCUT2D eigenvalue weighted by Crippen LogP contribution is 2.10. The lowest BCUT2D eigenvalue weighted by molar-refractivity contribution is 0.147. The second kappa shape index (κ2) is 6.95. The van der Waals surface area contributed by atoms with Crippen LogP contribution >= 0.6 is 15.9 Å². The Morgan fingerprint density at radius 1 is 1.47 bits per heavy atom. The number of imidazole rings is 1. The van der Waals surface area contributed by atoms with Crippen LogP contribution in [0.25, 0.3) is 5.65 Å². The molecule has 0 spiro atoms. The predicted octanol–water partition coefficient (Wildman–Crippen LogP) is 0.979. The first-order chi connectivity index (χ1) is 9.24. The minimum atomic E-state index is 0.130. The van der Waals surface area contributed by atoms with E-state index in [4.69, 9.17) is 9.84 Å². The van der Waals surface area contributed by atoms with Gasteiger partial charge in [0.25, 0.3) is 0 Å². The number of halogens is 1. The van der Waals surface area contributed by atoms with Crippen LogP contribution in [0.3, 0.4) is 0 Å². The second-order valence-electron chi connectivity index (χ2n) is 4.23. The van der Waals surface area contributed by atoms with Crippen molar-refractivity contribution >= 4 is 21.6 Å². The average molecular weight is 329 g/mol. The Morgan fingerprint density at radius 2 is 2.32 bits per heavy atom. The zero-order valence-corrected chi connectivity index (χ0v) is 12.3. The van der Waals surface area contributed by atoms with Crippen LogP contribution in [0.1, 0.15) is 12.1 Å². The SMILES string of the molecule is COCC(CCO)NCc1cnc2cnc(Br)cn12. The smallest absolute Gasteiger partial charge is 0.155 e. The third-order valence-electron chi connectivity index (χ3n) is 2.86. The van der Waals surface area contributed by atoms with Crippen LogP contribution in [0.5, 0.6) is 0 Å². The molecule has 0 amide bonds. The monoisotopic (exact) mass is 328 g/mol. The van der Waals surface area contributed by atoms with Crippen molar-refractivity contribution < 1.29 is 9.84 Å². The molecule has 0 aliphatic carbocycles. The number of aromatic nitrogens is 3. The van der Waals surface area contributed by atoms with Crippen LogP contribution in [0, 0.1) is 0 Å². The molecular weight excluding hydrogens is 312 g/mol. The molecule has 2 heterocycles. The maximum absolute atomic E-state index is 9.00. The van der Waals surface area contributed by atoms with E-state index in [1.54, 1.807) is 13.3 Å². The summed E-state index contributed by atoms with van der Waals surface area (Å²) in [7, 11) is 1.66. The van der Waals surface area contributed by atoms with E-state index in [0.29, 0.717) is 19.6 Å². The van der Waals surface area contributed by atoms with Crippen LogP contribution in [0.2, 0.25) is 0 Å². The maximum Gasteiger partial charge on any atom is 0.155 e. The summed E-state index contributed by atoms with van der Waals surface area (Å²) >= 11 is 3.35. The lowest BCUT2D eigenvalue weighted by Gasteiger charge is -2.16. The van der Waals surface area contributed by atoms with Gasteiger partial charge in [-0.05, 0) is 22.4 Å². The number of nitrogens with one attached hydrogen (secondary N) is 1. The lowest BCUT2D eigenvalue weighted by Crippen LogP contribution is -2.33. The first-order valence-corrected chi connectivity index (χ1v) is 6.84. The van der Waals surface area contributed by atoms with Crippen LogP contribution < -0.4 is 5.32 Å². The highest BCUT2D eigenvalue weighted by Gasteiger charge is 2.09. The Hall–Kier alpha value is -1.02. The molecular formula is C12H17BrN4O2. The summed E-state index contributed by atoms with van der Waals surface area (Å²) in [6, 6.07) is 0.130. The van der Waals surface area contributed by atoms with Crippen molar-refractivity contribution in [1.82, 2.24) is 19.7 Å². The highest BCUT2D eigenvalue weighted by molar-refractivity contribution is 9.10. The quantitative estimate of drug-likeness (QED) is 0.792. The third-order valence-corrected chi connectivity index (χ3v) is 3.27. The molecule has 2 rings (SSSR count). The number of aliphatic hydroxyl groups is 1. The van der Waals surface area contributed by atoms with Crippen molar-refractivity contribution in [3.63, 3.8) is 0 Å². The fraction of sp³-hybridized carbons (Fsp3) is 0.500. The summed E-state index contributed by atoms with van der Waals surface area (Å²) in [6.45, 7) is 1.37. The predicted molar refractivity (Wildman–Crippen MR) is 74.9 cm³/mol. The van der Waals surface area contributed by atoms with Crippen molar-refractivity contribution in [2.24, 2.45) is 0 Å². The molecule has 2 aromatic heterocycles. The Balaban J connectivity index is 2.06. The summed E-state index contributed by atoms with van der Waals surface area (Å²) in [6.07, 6.45) is 6.08. The van der Waals surface area contributed by atoms with E-state index in [0.717, 1.165) is 15.9 Å². The van der Waals surface area contributed by atoms with E-state index < -0.39 is 0 Å². The topological polar surface area (TPSA) is 71.7 Å². The molecule has 2 N–H and O–H groups in total. The number of fused-ring (bicyclic) bond motifs is 1. The number of ether oxygens (including phenoxy) is 1. The molecule has 1 atom stereocenters. The largest absolute Gasteiger partial charge is 0.396 e. The Kier molecular flexibility index (Phi) is 5.26. The van der Waals surface area contributed by atoms with Gasteiger partial charge in [0.15, 0.2) is 5.65 Å². The zero-order valence-electron chi connectivity index (χ0n) is 10.7. The van der Waals surface area contributed by atoms with Gasteiger partial charge in [0, 0.05) is 32.5 Å². The molecule has 0 aliphatic heterocycles. The molecule has 7 heteroatoms. The minimum Gasteiger partial charge on any atom is -0.396 e. The second-order valence-corrected chi connectivity index (χ2v) is 5.05. The zero-order chi connectivity index (χ0) is 13.7. The van der Waals surface area contributed by atoms with E-state index in [2.05, 4.69) is 31.2 Å². The molecule has 2 aromatic rings. The van der Waals surface area contributed by atoms with Crippen LogP contribution in [-0.4, -0.2) is 45.8 Å². The lowest BCUT2D eigenvalue weighted by atomic mass is 10.2. The van der Waals surface area contributed by atoms with Crippen molar-refractivity contribution in [2.45, 2.75) is 19.0 Å². The normalized spacial score (nSPS) is 13.0. The molecule has 6 nitrogen and oxygen atoms in total. The van der Waals surface area contributed by atoms with Gasteiger partial charge >= 0.3 is 0 Å². The Bertz CT molecular complexity index is 525. The molecule has 0 bridgehead atoms. The Morgan fingerprint density at radius 3 is 3.05 bits per heavy atom. The first-order valence-electron chi connectivity index (χ1n) is 6.05. The molecule has 1 unspecified atom stereocenters. The van der Waals surface area contributed by atoms with Gasteiger partial charge < -0.3 is 15.2 Å². The standard InChI is InChI=1S/C12H17BrN4O2/c1-19-8-9(2-3-18)14-4-10-5-16-12-6-15-11(13)7-17(10)12/h5-7,9,14,18H,2-4,8H2,1H3. The molecule has 0 saturated heterocycles. The molecule has 104 valence electrons. The minimum absolute atomic E-state index is 0.130. The van der Waals surface area contributed by atoms with Crippen LogP contribution in [-0.2, 0) is 11.3 Å². The van der Waals surface area contributed by atoms with Gasteiger partial charge in [0.2, 0.25) is 0 Å². The fourth-order valence-electron chi connectivity index (χ4n) is 1.90. The van der Waals surface area contributed by atoms with Gasteiger partial charge in [-0.15, -0.1) is 0 Å². The number of aliphatic hydroxyl groups excluding tert-OH is 1. The number of hydrogen-bond acceptors (Lipinski definition) is 5. The summed E-state index contributed by atoms with van der Waals surface area (Å²) in [5, 5.41) is 12.4. The van der Waals surface area contributed by atoms with Gasteiger partial charge in [-0.25, -0.2) is 9.97 Å². The summed E-state index contributed by atoms with van der Waals surface area (Å²) < 4.78 is 7.87. The van der Waals surface area contributed by atoms with E-state index in [1.165, 1.54) is 0 Å². The summed E-state index contributed by atoms with van der Waals surface area (Å²) in [4.78, 5) is 8.42. The number of nitrogens with zero attached hydrogens (tertiary/aromatic N) is 3. The van der Waals surface area contributed by atoms with E-state index >= 15 is 0 Å². The molecule has 0 saturated carbocycles. The number of rotatable bonds is 7. The van der Waals surface area contributed by atoms with Gasteiger partial charge in [-0.2, -0.15) is 0 Å². The molecule has 0 aromatic carbocycles. The maximum atomic E-state index is 9.00. The van der Waals surface area contributed by atoms with Crippen LogP contribution in [0.4, 0.5) is 0 Å². The molecule has 0 fully saturated rings. The summed E-state index contributed by atoms with van der Waals surface area (Å²) in [5.74, 6) is 0. The van der Waals surface area contributed by atoms with E-state index in [9.17, 15) is 0 Å². The molecule has 0 aliphatic rings. The van der Waals surface area contributed by atoms with Crippen molar-refractivity contribution in [2.75, 3.05) is 20.3 Å². The Labute approximate surface area is 120 Å². The van der Waals surface area contributed by atoms with Gasteiger partial charge in [-0.3, -0.25) is 4.40 Å². The van der Waals surface area contributed by atoms with Gasteiger partial charge in [0.05, 0.1) is 24.7 Å². The molecule has 19 heavy (non-hydrogen) atoms. The van der Waals surface area contributed by atoms with Gasteiger partial charge in [-0.1, -0.05) is 0 Å². The van der Waals surface area contributed by atoms with Crippen molar-refractivity contribution in [3.8, 4) is 0 Å². The highest BCUT2D eigenvalue weighted by atomic mass is 79.9. The molecule has 0 radical (unpaired) electrons. The van der Waals surface area contributed by atoms with Crippen LogP contribution in [0.15, 0.2) is 23.2 Å². The van der Waals surface area contributed by atoms with Gasteiger partial charge in [0.1, 0.15) is 4.60 Å². The van der Waals surface area contributed by atoms with Crippen molar-refractivity contribution in [3.05, 3.63) is 28.9 Å².